The van der Waals surface area contributed by atoms with E-state index in [4.69, 9.17) is 13.7 Å². The largest absolute Gasteiger partial charge is 0.450 e. The van der Waals surface area contributed by atoms with Crippen molar-refractivity contribution in [3.8, 4) is 17.4 Å². The van der Waals surface area contributed by atoms with Crippen molar-refractivity contribution < 1.29 is 13.7 Å². The fraction of sp³-hybridized carbons (Fsp3) is 0.500. The van der Waals surface area contributed by atoms with Gasteiger partial charge in [0.25, 0.3) is 0 Å². The Labute approximate surface area is 169 Å². The van der Waals surface area contributed by atoms with Crippen molar-refractivity contribution in [1.29, 1.82) is 0 Å². The molecule has 1 N–H and O–H groups in total. The number of aromatic nitrogens is 3. The molecule has 2 aromatic heterocycles. The van der Waals surface area contributed by atoms with E-state index in [0.717, 1.165) is 48.8 Å². The van der Waals surface area contributed by atoms with E-state index < -0.39 is 0 Å². The smallest absolute Gasteiger partial charge is 0.394 e. The van der Waals surface area contributed by atoms with Gasteiger partial charge < -0.3 is 19.0 Å². The first kappa shape index (κ1) is 18.2. The van der Waals surface area contributed by atoms with Crippen molar-refractivity contribution in [2.75, 3.05) is 18.5 Å². The van der Waals surface area contributed by atoms with E-state index in [-0.39, 0.29) is 5.41 Å². The minimum absolute atomic E-state index is 0.0836. The van der Waals surface area contributed by atoms with Crippen molar-refractivity contribution in [3.05, 3.63) is 42.2 Å². The highest BCUT2D eigenvalue weighted by molar-refractivity contribution is 5.63. The first-order chi connectivity index (χ1) is 14.1. The zero-order valence-corrected chi connectivity index (χ0v) is 16.9. The SMILES string of the molecule is CCOc1ncc(-c2cccc(NCC34CCC(c5nc(C)no5)(CC3)C4)c2)o1. The summed E-state index contributed by atoms with van der Waals surface area (Å²) in [7, 11) is 0. The van der Waals surface area contributed by atoms with Crippen molar-refractivity contribution in [2.24, 2.45) is 5.41 Å². The minimum Gasteiger partial charge on any atom is -0.450 e. The molecule has 0 unspecified atom stereocenters. The van der Waals surface area contributed by atoms with Crippen LogP contribution in [0.4, 0.5) is 5.69 Å². The summed E-state index contributed by atoms with van der Waals surface area (Å²) in [5, 5.41) is 7.68. The molecule has 0 aliphatic heterocycles. The number of nitrogens with zero attached hydrogens (tertiary/aromatic N) is 3. The van der Waals surface area contributed by atoms with Crippen molar-refractivity contribution >= 4 is 5.69 Å². The lowest BCUT2D eigenvalue weighted by Crippen LogP contribution is -2.24. The Hall–Kier alpha value is -2.83. The van der Waals surface area contributed by atoms with Gasteiger partial charge in [-0.25, -0.2) is 0 Å². The summed E-state index contributed by atoms with van der Waals surface area (Å²) in [5.41, 5.74) is 2.45. The molecular weight excluding hydrogens is 368 g/mol. The summed E-state index contributed by atoms with van der Waals surface area (Å²) in [6.45, 7) is 5.29. The number of fused-ring (bicyclic) bond motifs is 2. The second-order valence-electron chi connectivity index (χ2n) is 8.46. The Kier molecular flexibility index (Phi) is 4.33. The van der Waals surface area contributed by atoms with Crippen LogP contribution in [0.25, 0.3) is 11.3 Å². The quantitative estimate of drug-likeness (QED) is 0.619. The average Bonchev–Trinajstić information content (AvgIpc) is 3.51. The minimum atomic E-state index is 0.0836. The van der Waals surface area contributed by atoms with Crippen LogP contribution >= 0.6 is 0 Å². The third kappa shape index (κ3) is 3.28. The molecule has 0 saturated heterocycles. The third-order valence-electron chi connectivity index (χ3n) is 6.53. The zero-order chi connectivity index (χ0) is 19.9. The molecule has 2 saturated carbocycles. The molecule has 7 nitrogen and oxygen atoms in total. The molecule has 2 aliphatic carbocycles. The van der Waals surface area contributed by atoms with Gasteiger partial charge in [0.1, 0.15) is 0 Å². The number of aryl methyl sites for hydroxylation is 1. The summed E-state index contributed by atoms with van der Waals surface area (Å²) in [6, 6.07) is 8.25. The van der Waals surface area contributed by atoms with Gasteiger partial charge in [0.05, 0.1) is 18.2 Å². The highest BCUT2D eigenvalue weighted by Crippen LogP contribution is 2.61. The van der Waals surface area contributed by atoms with Crippen LogP contribution in [0, 0.1) is 12.3 Å². The van der Waals surface area contributed by atoms with Crippen LogP contribution in [0.2, 0.25) is 0 Å². The van der Waals surface area contributed by atoms with E-state index in [1.807, 2.05) is 26.0 Å². The van der Waals surface area contributed by atoms with Crippen LogP contribution in [-0.4, -0.2) is 28.3 Å². The topological polar surface area (TPSA) is 86.2 Å². The molecule has 5 rings (SSSR count). The fourth-order valence-electron chi connectivity index (χ4n) is 5.03. The summed E-state index contributed by atoms with van der Waals surface area (Å²) in [5.74, 6) is 2.28. The second kappa shape index (κ2) is 6.90. The third-order valence-corrected chi connectivity index (χ3v) is 6.53. The Morgan fingerprint density at radius 1 is 1.21 bits per heavy atom. The van der Waals surface area contributed by atoms with E-state index in [1.54, 1.807) is 6.20 Å². The molecule has 0 atom stereocenters. The highest BCUT2D eigenvalue weighted by atomic mass is 16.6. The number of benzene rings is 1. The molecule has 0 amide bonds. The van der Waals surface area contributed by atoms with E-state index in [1.165, 1.54) is 12.8 Å². The molecule has 2 aliphatic rings. The standard InChI is InChI=1S/C22H26N4O3/c1-3-27-20-23-12-18(28-20)16-5-4-6-17(11-16)24-14-21-7-9-22(13-21,10-8-21)19-25-15(2)26-29-19/h4-6,11-12,24H,3,7-10,13-14H2,1-2H3. The van der Waals surface area contributed by atoms with Crippen LogP contribution < -0.4 is 10.1 Å². The Bertz CT molecular complexity index is 1000. The first-order valence-corrected chi connectivity index (χ1v) is 10.3. The maximum Gasteiger partial charge on any atom is 0.394 e. The number of hydrogen-bond donors (Lipinski definition) is 1. The fourth-order valence-corrected chi connectivity index (χ4v) is 5.03. The predicted molar refractivity (Wildman–Crippen MR) is 108 cm³/mol. The molecule has 7 heteroatoms. The first-order valence-electron chi connectivity index (χ1n) is 10.3. The van der Waals surface area contributed by atoms with E-state index in [0.29, 0.717) is 23.9 Å². The molecule has 2 heterocycles. The van der Waals surface area contributed by atoms with E-state index in [2.05, 4.69) is 32.6 Å². The lowest BCUT2D eigenvalue weighted by atomic mass is 9.82. The molecule has 1 aromatic carbocycles. The lowest BCUT2D eigenvalue weighted by Gasteiger charge is -2.27. The number of rotatable bonds is 7. The van der Waals surface area contributed by atoms with Crippen LogP contribution in [0.1, 0.15) is 50.7 Å². The molecule has 2 fully saturated rings. The normalized spacial score (nSPS) is 25.4. The molecular formula is C22H26N4O3. The van der Waals surface area contributed by atoms with Gasteiger partial charge in [-0.2, -0.15) is 9.97 Å². The summed E-state index contributed by atoms with van der Waals surface area (Å²) in [4.78, 5) is 8.71. The van der Waals surface area contributed by atoms with Crippen LogP contribution in [-0.2, 0) is 5.41 Å². The molecule has 0 radical (unpaired) electrons. The molecule has 152 valence electrons. The van der Waals surface area contributed by atoms with Gasteiger partial charge >= 0.3 is 6.08 Å². The van der Waals surface area contributed by atoms with E-state index >= 15 is 0 Å². The molecule has 3 aromatic rings. The molecule has 29 heavy (non-hydrogen) atoms. The monoisotopic (exact) mass is 394 g/mol. The van der Waals surface area contributed by atoms with Gasteiger partial charge in [0.15, 0.2) is 11.6 Å². The van der Waals surface area contributed by atoms with Crippen molar-refractivity contribution in [3.63, 3.8) is 0 Å². The zero-order valence-electron chi connectivity index (χ0n) is 16.9. The Morgan fingerprint density at radius 2 is 2.07 bits per heavy atom. The molecule has 0 spiro atoms. The van der Waals surface area contributed by atoms with Gasteiger partial charge in [-0.3, -0.25) is 0 Å². The van der Waals surface area contributed by atoms with Gasteiger partial charge in [-0.05, 0) is 63.5 Å². The predicted octanol–water partition coefficient (Wildman–Crippen LogP) is 4.75. The maximum atomic E-state index is 5.67. The number of anilines is 1. The highest BCUT2D eigenvalue weighted by Gasteiger charge is 2.57. The number of nitrogens with one attached hydrogen (secondary N) is 1. The summed E-state index contributed by atoms with van der Waals surface area (Å²) in [6.07, 6.45) is 7.79. The number of oxazole rings is 1. The Morgan fingerprint density at radius 3 is 2.83 bits per heavy atom. The average molecular weight is 394 g/mol. The number of ether oxygens (including phenoxy) is 1. The van der Waals surface area contributed by atoms with Crippen LogP contribution in [0.3, 0.4) is 0 Å². The second-order valence-corrected chi connectivity index (χ2v) is 8.46. The Balaban J connectivity index is 1.27. The van der Waals surface area contributed by atoms with Gasteiger partial charge in [0, 0.05) is 17.8 Å². The van der Waals surface area contributed by atoms with Gasteiger partial charge in [0.2, 0.25) is 5.89 Å². The van der Waals surface area contributed by atoms with Crippen molar-refractivity contribution in [1.82, 2.24) is 15.1 Å². The van der Waals surface area contributed by atoms with Crippen molar-refractivity contribution in [2.45, 2.75) is 51.4 Å². The maximum absolute atomic E-state index is 5.67. The van der Waals surface area contributed by atoms with E-state index in [9.17, 15) is 0 Å². The lowest BCUT2D eigenvalue weighted by molar-refractivity contribution is 0.247. The van der Waals surface area contributed by atoms with Gasteiger partial charge in [-0.1, -0.05) is 17.3 Å². The summed E-state index contributed by atoms with van der Waals surface area (Å²) < 4.78 is 16.5. The molecule has 2 bridgehead atoms. The van der Waals surface area contributed by atoms with Crippen LogP contribution in [0.15, 0.2) is 39.4 Å². The number of hydrogen-bond acceptors (Lipinski definition) is 7. The summed E-state index contributed by atoms with van der Waals surface area (Å²) >= 11 is 0. The van der Waals surface area contributed by atoms with Gasteiger partial charge in [-0.15, -0.1) is 0 Å². The van der Waals surface area contributed by atoms with Crippen LogP contribution in [0.5, 0.6) is 6.08 Å².